The van der Waals surface area contributed by atoms with Crippen molar-refractivity contribution in [3.05, 3.63) is 95.0 Å². The maximum atomic E-state index is 13.4. The van der Waals surface area contributed by atoms with Crippen molar-refractivity contribution in [1.82, 2.24) is 5.16 Å². The summed E-state index contributed by atoms with van der Waals surface area (Å²) in [7, 11) is -3.96. The van der Waals surface area contributed by atoms with Gasteiger partial charge in [-0.15, -0.1) is 0 Å². The molecule has 7 nitrogen and oxygen atoms in total. The second kappa shape index (κ2) is 8.38. The number of para-hydroxylation sites is 1. The standard InChI is InChI=1S/C24H18ClN3O4S/c25-19-11-10-18(24(29)26-23-15-20(27-32-23)16-6-2-1-3-7-16)14-22(19)33(30,31)28-13-12-17-8-4-5-9-21(17)28/h1-11,14-15H,12-13H2,(H,26,29). The van der Waals surface area contributed by atoms with E-state index in [0.29, 0.717) is 24.3 Å². The smallest absolute Gasteiger partial charge is 0.265 e. The predicted molar refractivity (Wildman–Crippen MR) is 126 cm³/mol. The topological polar surface area (TPSA) is 92.5 Å². The average Bonchev–Trinajstić information content (AvgIpc) is 3.47. The first-order valence-corrected chi connectivity index (χ1v) is 12.0. The van der Waals surface area contributed by atoms with Crippen LogP contribution in [-0.4, -0.2) is 26.0 Å². The van der Waals surface area contributed by atoms with E-state index in [1.807, 2.05) is 42.5 Å². The van der Waals surface area contributed by atoms with Crippen molar-refractivity contribution in [2.45, 2.75) is 11.3 Å². The van der Waals surface area contributed by atoms with Gasteiger partial charge in [0, 0.05) is 23.7 Å². The predicted octanol–water partition coefficient (Wildman–Crippen LogP) is 5.00. The van der Waals surface area contributed by atoms with Crippen LogP contribution >= 0.6 is 11.6 Å². The van der Waals surface area contributed by atoms with Crippen molar-refractivity contribution in [2.24, 2.45) is 0 Å². The molecule has 0 aliphatic carbocycles. The van der Waals surface area contributed by atoms with E-state index in [4.69, 9.17) is 16.1 Å². The first-order chi connectivity index (χ1) is 15.9. The molecule has 0 saturated heterocycles. The van der Waals surface area contributed by atoms with Crippen LogP contribution in [0.5, 0.6) is 0 Å². The molecule has 0 bridgehead atoms. The Kier molecular flexibility index (Phi) is 5.39. The van der Waals surface area contributed by atoms with Gasteiger partial charge in [-0.05, 0) is 36.2 Å². The first-order valence-electron chi connectivity index (χ1n) is 10.2. The minimum absolute atomic E-state index is 0.0435. The van der Waals surface area contributed by atoms with Gasteiger partial charge in [0.1, 0.15) is 10.6 Å². The van der Waals surface area contributed by atoms with E-state index in [9.17, 15) is 13.2 Å². The highest BCUT2D eigenvalue weighted by molar-refractivity contribution is 7.93. The molecule has 0 spiro atoms. The summed E-state index contributed by atoms with van der Waals surface area (Å²) < 4.78 is 33.3. The number of amides is 1. The van der Waals surface area contributed by atoms with E-state index in [1.54, 1.807) is 18.2 Å². The molecule has 1 aliphatic rings. The second-order valence-corrected chi connectivity index (χ2v) is 9.74. The number of benzene rings is 3. The van der Waals surface area contributed by atoms with Crippen molar-refractivity contribution in [3.63, 3.8) is 0 Å². The van der Waals surface area contributed by atoms with Crippen LogP contribution in [0.25, 0.3) is 11.3 Å². The number of nitrogens with one attached hydrogen (secondary N) is 1. The third-order valence-electron chi connectivity index (χ3n) is 5.42. The minimum Gasteiger partial charge on any atom is -0.338 e. The molecular weight excluding hydrogens is 462 g/mol. The molecule has 4 aromatic rings. The van der Waals surface area contributed by atoms with Gasteiger partial charge in [0.05, 0.1) is 10.7 Å². The number of fused-ring (bicyclic) bond motifs is 1. The SMILES string of the molecule is O=C(Nc1cc(-c2ccccc2)no1)c1ccc(Cl)c(S(=O)(=O)N2CCc3ccccc32)c1. The normalized spacial score (nSPS) is 13.1. The molecule has 9 heteroatoms. The quantitative estimate of drug-likeness (QED) is 0.435. The van der Waals surface area contributed by atoms with Gasteiger partial charge < -0.3 is 4.52 Å². The monoisotopic (exact) mass is 479 g/mol. The van der Waals surface area contributed by atoms with Gasteiger partial charge in [0.25, 0.3) is 15.9 Å². The van der Waals surface area contributed by atoms with E-state index in [1.165, 1.54) is 22.5 Å². The lowest BCUT2D eigenvalue weighted by molar-refractivity contribution is 0.102. The Bertz CT molecular complexity index is 1450. The summed E-state index contributed by atoms with van der Waals surface area (Å²) in [5.41, 5.74) is 3.11. The molecule has 5 rings (SSSR count). The van der Waals surface area contributed by atoms with Gasteiger partial charge in [-0.3, -0.25) is 14.4 Å². The van der Waals surface area contributed by atoms with Crippen LogP contribution in [0.1, 0.15) is 15.9 Å². The second-order valence-electron chi connectivity index (χ2n) is 7.50. The fourth-order valence-corrected chi connectivity index (χ4v) is 5.79. The Labute approximate surface area is 195 Å². The largest absolute Gasteiger partial charge is 0.338 e. The minimum atomic E-state index is -3.96. The van der Waals surface area contributed by atoms with Crippen molar-refractivity contribution >= 4 is 39.1 Å². The van der Waals surface area contributed by atoms with E-state index in [0.717, 1.165) is 11.1 Å². The molecule has 166 valence electrons. The highest BCUT2D eigenvalue weighted by Crippen LogP contribution is 2.35. The van der Waals surface area contributed by atoms with Crippen molar-refractivity contribution in [2.75, 3.05) is 16.2 Å². The average molecular weight is 480 g/mol. The lowest BCUT2D eigenvalue weighted by Gasteiger charge is -2.20. The van der Waals surface area contributed by atoms with Crippen LogP contribution < -0.4 is 9.62 Å². The summed E-state index contributed by atoms with van der Waals surface area (Å²) in [5.74, 6) is -0.396. The number of sulfonamides is 1. The molecule has 2 heterocycles. The molecule has 0 atom stereocenters. The van der Waals surface area contributed by atoms with Crippen LogP contribution in [0.15, 0.2) is 88.3 Å². The van der Waals surface area contributed by atoms with Crippen molar-refractivity contribution in [3.8, 4) is 11.3 Å². The number of anilines is 2. The third kappa shape index (κ3) is 3.99. The number of aromatic nitrogens is 1. The summed E-state index contributed by atoms with van der Waals surface area (Å²) in [6, 6.07) is 22.4. The number of hydrogen-bond donors (Lipinski definition) is 1. The molecule has 0 saturated carbocycles. The van der Waals surface area contributed by atoms with Gasteiger partial charge >= 0.3 is 0 Å². The Morgan fingerprint density at radius 2 is 1.76 bits per heavy atom. The zero-order chi connectivity index (χ0) is 23.0. The van der Waals surface area contributed by atoms with Gasteiger partial charge in [-0.2, -0.15) is 0 Å². The van der Waals surface area contributed by atoms with Crippen molar-refractivity contribution < 1.29 is 17.7 Å². The molecule has 33 heavy (non-hydrogen) atoms. The summed E-state index contributed by atoms with van der Waals surface area (Å²) in [4.78, 5) is 12.7. The number of nitrogens with zero attached hydrogens (tertiary/aromatic N) is 2. The van der Waals surface area contributed by atoms with Gasteiger partial charge in [0.2, 0.25) is 5.88 Å². The number of halogens is 1. The third-order valence-corrected chi connectivity index (χ3v) is 7.72. The molecule has 1 amide bonds. The van der Waals surface area contributed by atoms with Crippen LogP contribution in [0, 0.1) is 0 Å². The Morgan fingerprint density at radius 3 is 2.58 bits per heavy atom. The molecule has 3 aromatic carbocycles. The molecular formula is C24H18ClN3O4S. The van der Waals surface area contributed by atoms with Gasteiger partial charge in [0.15, 0.2) is 0 Å². The van der Waals surface area contributed by atoms with Gasteiger partial charge in [-0.25, -0.2) is 8.42 Å². The van der Waals surface area contributed by atoms with Gasteiger partial charge in [-0.1, -0.05) is 65.3 Å². The number of rotatable bonds is 5. The van der Waals surface area contributed by atoms with Crippen LogP contribution in [0.3, 0.4) is 0 Å². The highest BCUT2D eigenvalue weighted by Gasteiger charge is 2.32. The zero-order valence-corrected chi connectivity index (χ0v) is 18.8. The molecule has 0 fully saturated rings. The lowest BCUT2D eigenvalue weighted by atomic mass is 10.1. The van der Waals surface area contributed by atoms with E-state index >= 15 is 0 Å². The highest BCUT2D eigenvalue weighted by atomic mass is 35.5. The molecule has 1 N–H and O–H groups in total. The van der Waals surface area contributed by atoms with Crippen LogP contribution in [0.4, 0.5) is 11.6 Å². The van der Waals surface area contributed by atoms with E-state index in [2.05, 4.69) is 10.5 Å². The van der Waals surface area contributed by atoms with Crippen LogP contribution in [-0.2, 0) is 16.4 Å². The molecule has 1 aromatic heterocycles. The van der Waals surface area contributed by atoms with Crippen molar-refractivity contribution in [1.29, 1.82) is 0 Å². The lowest BCUT2D eigenvalue weighted by Crippen LogP contribution is -2.29. The molecule has 0 radical (unpaired) electrons. The first kappa shape index (κ1) is 21.2. The fourth-order valence-electron chi connectivity index (χ4n) is 3.78. The number of hydrogen-bond acceptors (Lipinski definition) is 5. The number of carbonyl (C=O) groups excluding carboxylic acids is 1. The van der Waals surface area contributed by atoms with E-state index < -0.39 is 15.9 Å². The fraction of sp³-hybridized carbons (Fsp3) is 0.0833. The Balaban J connectivity index is 1.41. The summed E-state index contributed by atoms with van der Waals surface area (Å²) in [6.07, 6.45) is 0.614. The van der Waals surface area contributed by atoms with Crippen LogP contribution in [0.2, 0.25) is 5.02 Å². The maximum Gasteiger partial charge on any atom is 0.265 e. The number of carbonyl (C=O) groups is 1. The summed E-state index contributed by atoms with van der Waals surface area (Å²) >= 11 is 6.26. The Hall–Kier alpha value is -3.62. The molecule has 1 aliphatic heterocycles. The van der Waals surface area contributed by atoms with E-state index in [-0.39, 0.29) is 21.4 Å². The molecule has 0 unspecified atom stereocenters. The zero-order valence-electron chi connectivity index (χ0n) is 17.2. The maximum absolute atomic E-state index is 13.4. The Morgan fingerprint density at radius 1 is 1.00 bits per heavy atom. The summed E-state index contributed by atoms with van der Waals surface area (Å²) in [5, 5.41) is 6.62. The summed E-state index contributed by atoms with van der Waals surface area (Å²) in [6.45, 7) is 0.314.